The lowest BCUT2D eigenvalue weighted by Crippen LogP contribution is -2.56. The lowest BCUT2D eigenvalue weighted by Gasteiger charge is -2.24. The van der Waals surface area contributed by atoms with E-state index in [1.165, 1.54) is 26.2 Å². The zero-order valence-corrected chi connectivity index (χ0v) is 19.2. The van der Waals surface area contributed by atoms with Gasteiger partial charge in [0.1, 0.15) is 31.0 Å². The van der Waals surface area contributed by atoms with Crippen LogP contribution in [0.3, 0.4) is 0 Å². The number of nitrogens with two attached hydrogens (primary N) is 1. The third-order valence-corrected chi connectivity index (χ3v) is 4.45. The molecule has 5 N–H and O–H groups in total. The van der Waals surface area contributed by atoms with Gasteiger partial charge in [-0.2, -0.15) is 0 Å². The minimum absolute atomic E-state index is 0.0257. The van der Waals surface area contributed by atoms with Crippen molar-refractivity contribution < 1.29 is 33.1 Å². The lowest BCUT2D eigenvalue weighted by molar-refractivity contribution is -0.142. The number of alkyl carbamates (subject to hydrolysis) is 1. The van der Waals surface area contributed by atoms with Crippen molar-refractivity contribution in [1.29, 1.82) is 0 Å². The quantitative estimate of drug-likeness (QED) is 0.279. The van der Waals surface area contributed by atoms with Crippen LogP contribution in [0.15, 0.2) is 59.2 Å². The fraction of sp³-hybridized carbons (Fsp3) is 0.261. The van der Waals surface area contributed by atoms with Gasteiger partial charge in [-0.05, 0) is 37.6 Å². The first kappa shape index (κ1) is 26.6. The number of carbonyl (C=O) groups is 5. The molecule has 1 heterocycles. The molecule has 0 unspecified atom stereocenters. The Kier molecular flexibility index (Phi) is 10.0. The van der Waals surface area contributed by atoms with Gasteiger partial charge in [0, 0.05) is 6.08 Å². The Hall–Kier alpha value is -4.61. The monoisotopic (exact) mass is 485 g/mol. The van der Waals surface area contributed by atoms with Crippen molar-refractivity contribution >= 4 is 35.8 Å². The normalized spacial score (nSPS) is 12.3. The predicted molar refractivity (Wildman–Crippen MR) is 124 cm³/mol. The van der Waals surface area contributed by atoms with Gasteiger partial charge in [-0.1, -0.05) is 30.3 Å². The van der Waals surface area contributed by atoms with Crippen molar-refractivity contribution in [2.75, 3.05) is 6.54 Å². The molecule has 186 valence electrons. The molecule has 0 bridgehead atoms. The average Bonchev–Trinajstić information content (AvgIpc) is 3.34. The SMILES string of the molecule is C[C@H](NC(=O)OCc1ccccc1)C(=O)N[C@@H](C)C(=O)NN(CC(N)=O)C(=O)/C=C/c1ccco1. The van der Waals surface area contributed by atoms with E-state index in [1.807, 2.05) is 6.07 Å². The van der Waals surface area contributed by atoms with E-state index in [-0.39, 0.29) is 6.61 Å². The number of nitrogens with zero attached hydrogens (tertiary/aromatic N) is 1. The summed E-state index contributed by atoms with van der Waals surface area (Å²) >= 11 is 0. The molecule has 0 saturated heterocycles. The van der Waals surface area contributed by atoms with Crippen molar-refractivity contribution in [2.24, 2.45) is 5.73 Å². The van der Waals surface area contributed by atoms with Gasteiger partial charge in [0.15, 0.2) is 0 Å². The van der Waals surface area contributed by atoms with Crippen LogP contribution in [0.4, 0.5) is 4.79 Å². The molecule has 0 aliphatic carbocycles. The van der Waals surface area contributed by atoms with E-state index in [0.717, 1.165) is 11.6 Å². The maximum absolute atomic E-state index is 12.5. The first-order chi connectivity index (χ1) is 16.7. The topological polar surface area (TPSA) is 173 Å². The highest BCUT2D eigenvalue weighted by Gasteiger charge is 2.24. The lowest BCUT2D eigenvalue weighted by atomic mass is 10.2. The van der Waals surface area contributed by atoms with Crippen LogP contribution in [0, 0.1) is 0 Å². The van der Waals surface area contributed by atoms with Gasteiger partial charge in [0.05, 0.1) is 6.26 Å². The van der Waals surface area contributed by atoms with Crippen LogP contribution >= 0.6 is 0 Å². The number of hydrogen-bond donors (Lipinski definition) is 4. The second-order valence-electron chi connectivity index (χ2n) is 7.37. The third-order valence-electron chi connectivity index (χ3n) is 4.45. The Balaban J connectivity index is 1.85. The van der Waals surface area contributed by atoms with E-state index in [4.69, 9.17) is 14.9 Å². The summed E-state index contributed by atoms with van der Waals surface area (Å²) in [6, 6.07) is 10.1. The highest BCUT2D eigenvalue weighted by molar-refractivity contribution is 5.96. The summed E-state index contributed by atoms with van der Waals surface area (Å²) in [6.45, 7) is 2.20. The van der Waals surface area contributed by atoms with E-state index in [0.29, 0.717) is 10.8 Å². The van der Waals surface area contributed by atoms with Gasteiger partial charge in [0.25, 0.3) is 11.8 Å². The van der Waals surface area contributed by atoms with Crippen LogP contribution in [0.25, 0.3) is 6.08 Å². The fourth-order valence-electron chi connectivity index (χ4n) is 2.60. The molecule has 0 saturated carbocycles. The summed E-state index contributed by atoms with van der Waals surface area (Å²) in [4.78, 5) is 60.5. The first-order valence-electron chi connectivity index (χ1n) is 10.5. The van der Waals surface area contributed by atoms with Gasteiger partial charge in [0.2, 0.25) is 11.8 Å². The molecule has 1 aromatic carbocycles. The summed E-state index contributed by atoms with van der Waals surface area (Å²) < 4.78 is 10.1. The Morgan fingerprint density at radius 1 is 1.00 bits per heavy atom. The molecule has 5 amide bonds. The molecule has 12 heteroatoms. The molecule has 0 aliphatic heterocycles. The van der Waals surface area contributed by atoms with E-state index in [1.54, 1.807) is 36.4 Å². The minimum atomic E-state index is -1.12. The number of primary amides is 1. The molecular weight excluding hydrogens is 458 g/mol. The molecule has 0 fully saturated rings. The van der Waals surface area contributed by atoms with Gasteiger partial charge in [-0.25, -0.2) is 9.80 Å². The van der Waals surface area contributed by atoms with Crippen molar-refractivity contribution in [3.05, 3.63) is 66.1 Å². The molecule has 0 aliphatic rings. The molecule has 35 heavy (non-hydrogen) atoms. The summed E-state index contributed by atoms with van der Waals surface area (Å²) in [5, 5.41) is 5.47. The number of amides is 5. The van der Waals surface area contributed by atoms with Crippen molar-refractivity contribution in [3.8, 4) is 0 Å². The molecule has 2 rings (SSSR count). The van der Waals surface area contributed by atoms with Crippen molar-refractivity contribution in [1.82, 2.24) is 21.1 Å². The first-order valence-corrected chi connectivity index (χ1v) is 10.5. The molecule has 1 aromatic heterocycles. The Bertz CT molecular complexity index is 1050. The highest BCUT2D eigenvalue weighted by Crippen LogP contribution is 2.03. The van der Waals surface area contributed by atoms with E-state index in [9.17, 15) is 24.0 Å². The molecule has 12 nitrogen and oxygen atoms in total. The zero-order chi connectivity index (χ0) is 25.8. The van der Waals surface area contributed by atoms with Crippen LogP contribution in [0.1, 0.15) is 25.2 Å². The van der Waals surface area contributed by atoms with Gasteiger partial charge < -0.3 is 25.5 Å². The number of hydrazine groups is 1. The molecular formula is C23H27N5O7. The molecule has 0 radical (unpaired) electrons. The second-order valence-corrected chi connectivity index (χ2v) is 7.37. The summed E-state index contributed by atoms with van der Waals surface area (Å²) in [5.74, 6) is -2.70. The number of rotatable bonds is 10. The predicted octanol–water partition coefficient (Wildman–Crippen LogP) is 0.458. The van der Waals surface area contributed by atoms with Crippen molar-refractivity contribution in [3.63, 3.8) is 0 Å². The van der Waals surface area contributed by atoms with Crippen LogP contribution < -0.4 is 21.8 Å². The fourth-order valence-corrected chi connectivity index (χ4v) is 2.60. The second kappa shape index (κ2) is 13.2. The Labute approximate surface area is 201 Å². The summed E-state index contributed by atoms with van der Waals surface area (Å²) in [5.41, 5.74) is 8.17. The van der Waals surface area contributed by atoms with Crippen LogP contribution in [0.2, 0.25) is 0 Å². The molecule has 2 aromatic rings. The van der Waals surface area contributed by atoms with Gasteiger partial charge >= 0.3 is 6.09 Å². The Morgan fingerprint density at radius 2 is 1.69 bits per heavy atom. The minimum Gasteiger partial charge on any atom is -0.465 e. The third kappa shape index (κ3) is 9.42. The number of ether oxygens (including phenoxy) is 1. The Morgan fingerprint density at radius 3 is 2.31 bits per heavy atom. The van der Waals surface area contributed by atoms with E-state index < -0.39 is 48.4 Å². The number of carbonyl (C=O) groups excluding carboxylic acids is 5. The molecule has 0 spiro atoms. The maximum Gasteiger partial charge on any atom is 0.408 e. The number of nitrogens with one attached hydrogen (secondary N) is 3. The zero-order valence-electron chi connectivity index (χ0n) is 19.2. The number of furan rings is 1. The smallest absolute Gasteiger partial charge is 0.408 e. The average molecular weight is 485 g/mol. The van der Waals surface area contributed by atoms with Gasteiger partial charge in [-0.15, -0.1) is 0 Å². The summed E-state index contributed by atoms with van der Waals surface area (Å²) in [6.07, 6.45) is 3.03. The largest absolute Gasteiger partial charge is 0.465 e. The maximum atomic E-state index is 12.5. The van der Waals surface area contributed by atoms with Gasteiger partial charge in [-0.3, -0.25) is 24.6 Å². The number of hydrogen-bond acceptors (Lipinski definition) is 7. The molecule has 2 atom stereocenters. The van der Waals surface area contributed by atoms with E-state index in [2.05, 4.69) is 16.1 Å². The summed E-state index contributed by atoms with van der Waals surface area (Å²) in [7, 11) is 0. The van der Waals surface area contributed by atoms with Crippen molar-refractivity contribution in [2.45, 2.75) is 32.5 Å². The van der Waals surface area contributed by atoms with Crippen LogP contribution in [-0.2, 0) is 30.5 Å². The standard InChI is InChI=1S/C23H27N5O7/c1-15(26-23(33)35-14-17-7-4-3-5-8-17)21(31)25-16(2)22(32)27-28(13-19(24)29)20(30)11-10-18-9-6-12-34-18/h3-12,15-16H,13-14H2,1-2H3,(H2,24,29)(H,25,31)(H,26,33)(H,27,32)/b11-10+/t15-,16-/m0/s1. The van der Waals surface area contributed by atoms with Crippen LogP contribution in [-0.4, -0.2) is 53.4 Å². The highest BCUT2D eigenvalue weighted by atomic mass is 16.5. The van der Waals surface area contributed by atoms with Crippen LogP contribution in [0.5, 0.6) is 0 Å². The van der Waals surface area contributed by atoms with E-state index >= 15 is 0 Å². The number of benzene rings is 1.